The van der Waals surface area contributed by atoms with E-state index in [2.05, 4.69) is 217 Å². The quantitative estimate of drug-likeness (QED) is 0.175. The van der Waals surface area contributed by atoms with Crippen molar-refractivity contribution in [2.24, 2.45) is 0 Å². The Kier molecular flexibility index (Phi) is 7.69. The number of aromatic nitrogens is 1. The Morgan fingerprint density at radius 1 is 0.328 bits per heavy atom. The van der Waals surface area contributed by atoms with Gasteiger partial charge in [-0.3, -0.25) is 0 Å². The highest BCUT2D eigenvalue weighted by molar-refractivity contribution is 8.00. The molecule has 1 atom stereocenters. The van der Waals surface area contributed by atoms with Crippen molar-refractivity contribution in [2.45, 2.75) is 25.0 Å². The number of nitrogens with zero attached hydrogens (tertiary/aromatic N) is 1. The third-order valence-electron chi connectivity index (χ3n) is 12.1. The van der Waals surface area contributed by atoms with Crippen molar-refractivity contribution in [3.05, 3.63) is 235 Å². The van der Waals surface area contributed by atoms with Crippen LogP contribution in [0.5, 0.6) is 0 Å². The molecule has 2 aliphatic rings. The predicted octanol–water partition coefficient (Wildman–Crippen LogP) is 15.1. The predicted molar refractivity (Wildman–Crippen MR) is 244 cm³/mol. The Morgan fingerprint density at radius 2 is 0.879 bits per heavy atom. The molecule has 10 aromatic rings. The standard InChI is InChI=1S/C55H35NS2/c1-4-16-36(17-5-1)40-33-43(37-18-6-2-7-19-37)54-48(35-40)55(46-24-12-15-27-52(46)58-54)45-23-11-14-26-51(45)57-53-31-29-39(34-47(53)55)38-28-30-50-44(32-38)42-22-10-13-25-49(42)56(50)41-20-8-3-9-21-41/h1-35H. The molecule has 0 amide bonds. The van der Waals surface area contributed by atoms with Crippen LogP contribution in [-0.4, -0.2) is 4.57 Å². The molecule has 0 saturated heterocycles. The van der Waals surface area contributed by atoms with Crippen LogP contribution in [0.15, 0.2) is 232 Å². The lowest BCUT2D eigenvalue weighted by Crippen LogP contribution is -2.37. The van der Waals surface area contributed by atoms with Crippen LogP contribution in [0.25, 0.3) is 60.9 Å². The second-order valence-corrected chi connectivity index (χ2v) is 17.3. The van der Waals surface area contributed by atoms with E-state index in [4.69, 9.17) is 0 Å². The van der Waals surface area contributed by atoms with Gasteiger partial charge in [0.15, 0.2) is 0 Å². The molecule has 3 heterocycles. The van der Waals surface area contributed by atoms with E-state index >= 15 is 0 Å². The van der Waals surface area contributed by atoms with E-state index in [-0.39, 0.29) is 0 Å². The molecule has 1 unspecified atom stereocenters. The van der Waals surface area contributed by atoms with Gasteiger partial charge >= 0.3 is 0 Å². The number of rotatable bonds is 4. The summed E-state index contributed by atoms with van der Waals surface area (Å²) in [6.45, 7) is 0. The van der Waals surface area contributed by atoms with Gasteiger partial charge in [-0.25, -0.2) is 0 Å². The number of hydrogen-bond donors (Lipinski definition) is 0. The largest absolute Gasteiger partial charge is 0.309 e. The van der Waals surface area contributed by atoms with Gasteiger partial charge in [0.1, 0.15) is 0 Å². The highest BCUT2D eigenvalue weighted by Crippen LogP contribution is 2.63. The van der Waals surface area contributed by atoms with E-state index in [1.54, 1.807) is 0 Å². The van der Waals surface area contributed by atoms with Crippen molar-refractivity contribution >= 4 is 45.3 Å². The molecule has 12 rings (SSSR count). The van der Waals surface area contributed by atoms with Crippen molar-refractivity contribution in [1.29, 1.82) is 0 Å². The summed E-state index contributed by atoms with van der Waals surface area (Å²) in [5.41, 5.74) is 15.8. The summed E-state index contributed by atoms with van der Waals surface area (Å²) < 4.78 is 2.39. The molecule has 272 valence electrons. The van der Waals surface area contributed by atoms with Gasteiger partial charge in [0.25, 0.3) is 0 Å². The summed E-state index contributed by atoms with van der Waals surface area (Å²) in [5, 5.41) is 2.52. The van der Waals surface area contributed by atoms with E-state index in [0.717, 1.165) is 0 Å². The fourth-order valence-electron chi connectivity index (χ4n) is 9.58. The maximum atomic E-state index is 2.52. The summed E-state index contributed by atoms with van der Waals surface area (Å²) in [7, 11) is 0. The first-order valence-corrected chi connectivity index (χ1v) is 21.5. The molecule has 0 saturated carbocycles. The minimum Gasteiger partial charge on any atom is -0.309 e. The number of hydrogen-bond acceptors (Lipinski definition) is 2. The first-order valence-electron chi connectivity index (χ1n) is 19.8. The van der Waals surface area contributed by atoms with Crippen LogP contribution < -0.4 is 0 Å². The van der Waals surface area contributed by atoms with Crippen molar-refractivity contribution in [1.82, 2.24) is 4.57 Å². The summed E-state index contributed by atoms with van der Waals surface area (Å²) in [6.07, 6.45) is 0. The molecule has 1 aromatic heterocycles. The van der Waals surface area contributed by atoms with Crippen LogP contribution in [0.3, 0.4) is 0 Å². The average Bonchev–Trinajstić information content (AvgIpc) is 3.63. The molecule has 3 heteroatoms. The topological polar surface area (TPSA) is 4.93 Å². The molecule has 0 radical (unpaired) electrons. The molecular formula is C55H35NS2. The Morgan fingerprint density at radius 3 is 1.64 bits per heavy atom. The van der Waals surface area contributed by atoms with Crippen molar-refractivity contribution in [3.63, 3.8) is 0 Å². The van der Waals surface area contributed by atoms with Crippen LogP contribution in [0, 0.1) is 0 Å². The van der Waals surface area contributed by atoms with E-state index in [1.807, 2.05) is 23.5 Å². The molecular weight excluding hydrogens is 739 g/mol. The number of fused-ring (bicyclic) bond motifs is 11. The third kappa shape index (κ3) is 5.00. The molecule has 0 fully saturated rings. The third-order valence-corrected chi connectivity index (χ3v) is 14.5. The Balaban J connectivity index is 1.16. The molecule has 1 spiro atoms. The highest BCUT2D eigenvalue weighted by atomic mass is 32.2. The van der Waals surface area contributed by atoms with Crippen LogP contribution in [0.4, 0.5) is 0 Å². The Bertz CT molecular complexity index is 3210. The highest BCUT2D eigenvalue weighted by Gasteiger charge is 2.49. The zero-order chi connectivity index (χ0) is 38.2. The average molecular weight is 774 g/mol. The minimum absolute atomic E-state index is 0.563. The van der Waals surface area contributed by atoms with Gasteiger partial charge in [0, 0.05) is 36.0 Å². The normalized spacial score (nSPS) is 15.2. The zero-order valence-electron chi connectivity index (χ0n) is 31.5. The maximum Gasteiger partial charge on any atom is 0.0745 e. The fourth-order valence-corrected chi connectivity index (χ4v) is 12.1. The van der Waals surface area contributed by atoms with Crippen LogP contribution in [0.1, 0.15) is 22.3 Å². The van der Waals surface area contributed by atoms with Gasteiger partial charge < -0.3 is 4.57 Å². The van der Waals surface area contributed by atoms with Gasteiger partial charge in [-0.2, -0.15) is 0 Å². The first kappa shape index (κ1) is 33.6. The van der Waals surface area contributed by atoms with Crippen LogP contribution in [0.2, 0.25) is 0 Å². The Hall–Kier alpha value is -6.52. The van der Waals surface area contributed by atoms with Crippen LogP contribution in [-0.2, 0) is 5.41 Å². The molecule has 0 aliphatic carbocycles. The smallest absolute Gasteiger partial charge is 0.0745 e. The van der Waals surface area contributed by atoms with E-state index in [0.29, 0.717) is 0 Å². The van der Waals surface area contributed by atoms with E-state index < -0.39 is 5.41 Å². The van der Waals surface area contributed by atoms with Crippen molar-refractivity contribution in [3.8, 4) is 39.1 Å². The lowest BCUT2D eigenvalue weighted by molar-refractivity contribution is 0.668. The van der Waals surface area contributed by atoms with Gasteiger partial charge in [-0.05, 0) is 122 Å². The molecule has 0 N–H and O–H groups in total. The molecule has 0 bridgehead atoms. The lowest BCUT2D eigenvalue weighted by atomic mass is 9.63. The zero-order valence-corrected chi connectivity index (χ0v) is 33.1. The summed E-state index contributed by atoms with van der Waals surface area (Å²) in [6, 6.07) is 78.9. The van der Waals surface area contributed by atoms with E-state index in [9.17, 15) is 0 Å². The summed E-state index contributed by atoms with van der Waals surface area (Å²) in [5.74, 6) is 0. The first-order chi connectivity index (χ1) is 28.8. The van der Waals surface area contributed by atoms with Gasteiger partial charge in [-0.15, -0.1) is 0 Å². The van der Waals surface area contributed by atoms with E-state index in [1.165, 1.54) is 103 Å². The lowest BCUT2D eigenvalue weighted by Gasteiger charge is -2.46. The number of para-hydroxylation sites is 2. The minimum atomic E-state index is -0.563. The SMILES string of the molecule is c1ccc(-c2cc(-c3ccccc3)c3c(c2)C2(c4ccccc4Sc4ccc(-c5ccc6c(c5)c5ccccc5n6-c5ccccc5)cc42)c2ccccc2S3)cc1. The Labute approximate surface area is 346 Å². The molecule has 9 aromatic carbocycles. The second-order valence-electron chi connectivity index (χ2n) is 15.2. The van der Waals surface area contributed by atoms with Gasteiger partial charge in [0.05, 0.1) is 16.4 Å². The molecule has 2 aliphatic heterocycles. The summed E-state index contributed by atoms with van der Waals surface area (Å²) in [4.78, 5) is 5.21. The maximum absolute atomic E-state index is 2.52. The van der Waals surface area contributed by atoms with Crippen molar-refractivity contribution < 1.29 is 0 Å². The van der Waals surface area contributed by atoms with Gasteiger partial charge in [-0.1, -0.05) is 169 Å². The fraction of sp³-hybridized carbons (Fsp3) is 0.0182. The monoisotopic (exact) mass is 773 g/mol. The molecule has 58 heavy (non-hydrogen) atoms. The van der Waals surface area contributed by atoms with Gasteiger partial charge in [0.2, 0.25) is 0 Å². The summed E-state index contributed by atoms with van der Waals surface area (Å²) >= 11 is 3.82. The second kappa shape index (κ2) is 13.3. The number of benzene rings is 9. The molecule has 1 nitrogen and oxygen atoms in total. The van der Waals surface area contributed by atoms with Crippen LogP contribution >= 0.6 is 23.5 Å². The van der Waals surface area contributed by atoms with Crippen molar-refractivity contribution in [2.75, 3.05) is 0 Å².